The third kappa shape index (κ3) is 1.62. The molecule has 1 nitrogen and oxygen atoms in total. The number of alkyl halides is 1. The maximum Gasteiger partial charge on any atom is 0.0316 e. The molecule has 0 saturated carbocycles. The van der Waals surface area contributed by atoms with Gasteiger partial charge in [-0.2, -0.15) is 0 Å². The average Bonchev–Trinajstić information content (AvgIpc) is 1.88. The average molecular weight is 247 g/mol. The summed E-state index contributed by atoms with van der Waals surface area (Å²) in [5.74, 6) is 0. The summed E-state index contributed by atoms with van der Waals surface area (Å²) in [7, 11) is 0. The summed E-state index contributed by atoms with van der Waals surface area (Å²) in [5, 5.41) is 0. The van der Waals surface area contributed by atoms with Gasteiger partial charge in [-0.25, -0.2) is 0 Å². The van der Waals surface area contributed by atoms with E-state index < -0.39 is 0 Å². The van der Waals surface area contributed by atoms with E-state index in [-0.39, 0.29) is 0 Å². The van der Waals surface area contributed by atoms with Crippen LogP contribution in [0.1, 0.15) is 11.1 Å². The number of rotatable bonds is 1. The van der Waals surface area contributed by atoms with Gasteiger partial charge in [-0.3, -0.25) is 0 Å². The molecular weight excluding hydrogens is 237 g/mol. The molecular formula is C8H10IN. The van der Waals surface area contributed by atoms with Crippen molar-refractivity contribution in [1.82, 2.24) is 0 Å². The summed E-state index contributed by atoms with van der Waals surface area (Å²) < 4.78 is 1.06. The highest BCUT2D eigenvalue weighted by Crippen LogP contribution is 2.14. The van der Waals surface area contributed by atoms with Crippen LogP contribution in [0, 0.1) is 6.92 Å². The molecule has 0 spiro atoms. The van der Waals surface area contributed by atoms with Gasteiger partial charge in [0.25, 0.3) is 0 Å². The van der Waals surface area contributed by atoms with Crippen molar-refractivity contribution in [3.63, 3.8) is 0 Å². The fraction of sp³-hybridized carbons (Fsp3) is 0.250. The molecule has 1 rings (SSSR count). The van der Waals surface area contributed by atoms with Crippen molar-refractivity contribution < 1.29 is 0 Å². The maximum absolute atomic E-state index is 5.58. The van der Waals surface area contributed by atoms with E-state index in [2.05, 4.69) is 35.6 Å². The van der Waals surface area contributed by atoms with Crippen LogP contribution in [-0.4, -0.2) is 0 Å². The molecule has 0 amide bonds. The van der Waals surface area contributed by atoms with Crippen LogP contribution >= 0.6 is 22.6 Å². The van der Waals surface area contributed by atoms with E-state index >= 15 is 0 Å². The zero-order valence-corrected chi connectivity index (χ0v) is 8.05. The van der Waals surface area contributed by atoms with Crippen LogP contribution in [0.15, 0.2) is 18.2 Å². The summed E-state index contributed by atoms with van der Waals surface area (Å²) >= 11 is 2.35. The summed E-state index contributed by atoms with van der Waals surface area (Å²) in [6.07, 6.45) is 0. The predicted molar refractivity (Wildman–Crippen MR) is 53.3 cm³/mol. The molecule has 1 aromatic carbocycles. The number of anilines is 1. The van der Waals surface area contributed by atoms with Crippen LogP contribution in [0.25, 0.3) is 0 Å². The van der Waals surface area contributed by atoms with Crippen LogP contribution in [0.2, 0.25) is 0 Å². The molecule has 0 atom stereocenters. The minimum Gasteiger partial charge on any atom is -0.399 e. The van der Waals surface area contributed by atoms with Crippen LogP contribution < -0.4 is 5.73 Å². The van der Waals surface area contributed by atoms with Crippen molar-refractivity contribution in [3.05, 3.63) is 29.3 Å². The first-order chi connectivity index (χ1) is 4.74. The highest BCUT2D eigenvalue weighted by Gasteiger charge is 1.94. The first-order valence-electron chi connectivity index (χ1n) is 3.15. The molecule has 0 aromatic heterocycles. The molecule has 0 heterocycles. The summed E-state index contributed by atoms with van der Waals surface area (Å²) in [6.45, 7) is 2.09. The summed E-state index contributed by atoms with van der Waals surface area (Å²) in [4.78, 5) is 0. The molecule has 0 aliphatic carbocycles. The summed E-state index contributed by atoms with van der Waals surface area (Å²) in [6, 6.07) is 6.03. The number of nitrogen functional groups attached to an aromatic ring is 1. The molecule has 10 heavy (non-hydrogen) atoms. The van der Waals surface area contributed by atoms with Gasteiger partial charge >= 0.3 is 0 Å². The van der Waals surface area contributed by atoms with Crippen molar-refractivity contribution >= 4 is 28.3 Å². The Morgan fingerprint density at radius 1 is 1.50 bits per heavy atom. The lowest BCUT2D eigenvalue weighted by Gasteiger charge is -2.01. The Hall–Kier alpha value is -0.250. The van der Waals surface area contributed by atoms with E-state index in [1.165, 1.54) is 11.1 Å². The number of halogens is 1. The standard InChI is InChI=1S/C8H10IN/c1-6-4-8(10)3-2-7(6)5-9/h2-4H,5,10H2,1H3. The molecule has 0 bridgehead atoms. The van der Waals surface area contributed by atoms with E-state index in [0.29, 0.717) is 0 Å². The SMILES string of the molecule is Cc1cc(N)ccc1CI. The number of nitrogens with two attached hydrogens (primary N) is 1. The van der Waals surface area contributed by atoms with E-state index in [0.717, 1.165) is 10.1 Å². The van der Waals surface area contributed by atoms with Crippen molar-refractivity contribution in [2.75, 3.05) is 5.73 Å². The second-order valence-electron chi connectivity index (χ2n) is 2.32. The van der Waals surface area contributed by atoms with Crippen molar-refractivity contribution in [2.45, 2.75) is 11.4 Å². The number of aryl methyl sites for hydroxylation is 1. The molecule has 2 N–H and O–H groups in total. The highest BCUT2D eigenvalue weighted by atomic mass is 127. The monoisotopic (exact) mass is 247 g/mol. The van der Waals surface area contributed by atoms with Gasteiger partial charge in [0.05, 0.1) is 0 Å². The van der Waals surface area contributed by atoms with E-state index in [1.807, 2.05) is 12.1 Å². The van der Waals surface area contributed by atoms with E-state index in [4.69, 9.17) is 5.73 Å². The minimum atomic E-state index is 0.853. The predicted octanol–water partition coefficient (Wildman–Crippen LogP) is 2.51. The number of benzene rings is 1. The molecule has 0 aliphatic rings. The summed E-state index contributed by atoms with van der Waals surface area (Å²) in [5.41, 5.74) is 9.09. The Bertz CT molecular complexity index is 233. The van der Waals surface area contributed by atoms with Gasteiger partial charge in [-0.05, 0) is 30.2 Å². The quantitative estimate of drug-likeness (QED) is 0.460. The highest BCUT2D eigenvalue weighted by molar-refractivity contribution is 14.1. The smallest absolute Gasteiger partial charge is 0.0316 e. The first kappa shape index (κ1) is 7.85. The van der Waals surface area contributed by atoms with Gasteiger partial charge in [-0.1, -0.05) is 28.7 Å². The molecule has 0 aliphatic heterocycles. The largest absolute Gasteiger partial charge is 0.399 e. The normalized spacial score (nSPS) is 9.80. The Morgan fingerprint density at radius 3 is 2.70 bits per heavy atom. The van der Waals surface area contributed by atoms with Gasteiger partial charge in [0.1, 0.15) is 0 Å². The fourth-order valence-corrected chi connectivity index (χ4v) is 1.72. The first-order valence-corrected chi connectivity index (χ1v) is 4.67. The van der Waals surface area contributed by atoms with Crippen LogP contribution in [0.4, 0.5) is 5.69 Å². The zero-order chi connectivity index (χ0) is 7.56. The fourth-order valence-electron chi connectivity index (χ4n) is 0.869. The van der Waals surface area contributed by atoms with Crippen molar-refractivity contribution in [2.24, 2.45) is 0 Å². The van der Waals surface area contributed by atoms with E-state index in [1.54, 1.807) is 0 Å². The second-order valence-corrected chi connectivity index (χ2v) is 3.08. The third-order valence-electron chi connectivity index (χ3n) is 1.51. The number of hydrogen-bond acceptors (Lipinski definition) is 1. The Morgan fingerprint density at radius 2 is 2.20 bits per heavy atom. The van der Waals surface area contributed by atoms with E-state index in [9.17, 15) is 0 Å². The molecule has 0 fully saturated rings. The van der Waals surface area contributed by atoms with Gasteiger partial charge in [0.2, 0.25) is 0 Å². The van der Waals surface area contributed by atoms with Gasteiger partial charge < -0.3 is 5.73 Å². The Kier molecular flexibility index (Phi) is 2.54. The van der Waals surface area contributed by atoms with Crippen molar-refractivity contribution in [1.29, 1.82) is 0 Å². The van der Waals surface area contributed by atoms with Crippen LogP contribution in [0.3, 0.4) is 0 Å². The molecule has 2 heteroatoms. The molecule has 1 aromatic rings. The number of hydrogen-bond donors (Lipinski definition) is 1. The lowest BCUT2D eigenvalue weighted by atomic mass is 10.1. The zero-order valence-electron chi connectivity index (χ0n) is 5.89. The maximum atomic E-state index is 5.58. The third-order valence-corrected chi connectivity index (χ3v) is 2.33. The van der Waals surface area contributed by atoms with Crippen LogP contribution in [-0.2, 0) is 4.43 Å². The van der Waals surface area contributed by atoms with Gasteiger partial charge in [0.15, 0.2) is 0 Å². The Labute approximate surface area is 74.8 Å². The van der Waals surface area contributed by atoms with Crippen molar-refractivity contribution in [3.8, 4) is 0 Å². The molecule has 0 saturated heterocycles. The topological polar surface area (TPSA) is 26.0 Å². The lowest BCUT2D eigenvalue weighted by molar-refractivity contribution is 1.33. The minimum absolute atomic E-state index is 0.853. The molecule has 0 unspecified atom stereocenters. The van der Waals surface area contributed by atoms with Crippen LogP contribution in [0.5, 0.6) is 0 Å². The second kappa shape index (κ2) is 3.23. The molecule has 0 radical (unpaired) electrons. The lowest BCUT2D eigenvalue weighted by Crippen LogP contribution is -1.88. The van der Waals surface area contributed by atoms with Gasteiger partial charge in [0, 0.05) is 10.1 Å². The molecule has 54 valence electrons. The van der Waals surface area contributed by atoms with Gasteiger partial charge in [-0.15, -0.1) is 0 Å². The Balaban J connectivity index is 3.07.